The van der Waals surface area contributed by atoms with Gasteiger partial charge in [-0.2, -0.15) is 0 Å². The lowest BCUT2D eigenvalue weighted by Crippen LogP contribution is -2.60. The van der Waals surface area contributed by atoms with Crippen molar-refractivity contribution in [2.45, 2.75) is 49.5 Å². The van der Waals surface area contributed by atoms with Gasteiger partial charge in [0.15, 0.2) is 5.60 Å². The summed E-state index contributed by atoms with van der Waals surface area (Å²) in [5.74, 6) is 0.660. The predicted molar refractivity (Wildman–Crippen MR) is 106 cm³/mol. The molecule has 4 heteroatoms. The third-order valence-electron chi connectivity index (χ3n) is 7.19. The maximum absolute atomic E-state index is 12.9. The van der Waals surface area contributed by atoms with E-state index in [1.54, 1.807) is 0 Å². The van der Waals surface area contributed by atoms with Crippen LogP contribution in [0.5, 0.6) is 0 Å². The fourth-order valence-electron chi connectivity index (χ4n) is 5.35. The van der Waals surface area contributed by atoms with E-state index >= 15 is 0 Å². The number of aliphatic hydroxyl groups is 1. The second kappa shape index (κ2) is 6.46. The lowest BCUT2D eigenvalue weighted by atomic mass is 9.74. The summed E-state index contributed by atoms with van der Waals surface area (Å²) < 4.78 is 0. The zero-order valence-corrected chi connectivity index (χ0v) is 16.1. The Morgan fingerprint density at radius 1 is 1.07 bits per heavy atom. The monoisotopic (exact) mass is 366 g/mol. The molecule has 27 heavy (non-hydrogen) atoms. The Bertz CT molecular complexity index is 761. The Hall–Kier alpha value is -1.65. The highest BCUT2D eigenvalue weighted by Crippen LogP contribution is 2.44. The van der Waals surface area contributed by atoms with Crippen LogP contribution in [0.2, 0.25) is 0 Å². The van der Waals surface area contributed by atoms with Crippen LogP contribution in [-0.4, -0.2) is 59.1 Å². The number of likely N-dealkylation sites (tertiary alicyclic amines) is 2. The quantitative estimate of drug-likeness (QED) is 0.891. The Morgan fingerprint density at radius 3 is 2.63 bits per heavy atom. The smallest absolute Gasteiger partial charge is 0.255 e. The van der Waals surface area contributed by atoms with E-state index in [4.69, 9.17) is 0 Å². The molecule has 1 aromatic carbocycles. The van der Waals surface area contributed by atoms with Gasteiger partial charge in [0.25, 0.3) is 5.91 Å². The van der Waals surface area contributed by atoms with E-state index in [9.17, 15) is 9.90 Å². The third kappa shape index (κ3) is 3.13. The van der Waals surface area contributed by atoms with Crippen molar-refractivity contribution in [1.29, 1.82) is 0 Å². The molecule has 5 rings (SSSR count). The van der Waals surface area contributed by atoms with Crippen LogP contribution in [0.1, 0.15) is 49.7 Å². The van der Waals surface area contributed by atoms with Gasteiger partial charge < -0.3 is 10.0 Å². The summed E-state index contributed by atoms with van der Waals surface area (Å²) in [6.45, 7) is 4.05. The molecule has 1 spiro atoms. The summed E-state index contributed by atoms with van der Waals surface area (Å²) in [6, 6.07) is 8.70. The lowest BCUT2D eigenvalue weighted by molar-refractivity contribution is -0.160. The van der Waals surface area contributed by atoms with Crippen LogP contribution in [-0.2, 0) is 10.2 Å². The van der Waals surface area contributed by atoms with E-state index in [2.05, 4.69) is 41.3 Å². The Kier molecular flexibility index (Phi) is 4.17. The molecule has 2 aliphatic heterocycles. The van der Waals surface area contributed by atoms with Crippen LogP contribution >= 0.6 is 0 Å². The van der Waals surface area contributed by atoms with Gasteiger partial charge in [-0.15, -0.1) is 0 Å². The van der Waals surface area contributed by atoms with Crippen LogP contribution in [0.25, 0.3) is 6.08 Å². The van der Waals surface area contributed by atoms with Crippen LogP contribution in [0.15, 0.2) is 30.3 Å². The molecular formula is C23H30N2O2. The number of carbonyl (C=O) groups excluding carboxylic acids is 1. The zero-order valence-electron chi connectivity index (χ0n) is 16.1. The van der Waals surface area contributed by atoms with Gasteiger partial charge in [-0.1, -0.05) is 36.4 Å². The van der Waals surface area contributed by atoms with Crippen LogP contribution in [0, 0.1) is 5.92 Å². The molecule has 1 N–H and O–H groups in total. The topological polar surface area (TPSA) is 43.8 Å². The molecule has 1 atom stereocenters. The molecular weight excluding hydrogens is 336 g/mol. The first-order valence-corrected chi connectivity index (χ1v) is 10.6. The first kappa shape index (κ1) is 17.4. The largest absolute Gasteiger partial charge is 0.379 e. The van der Waals surface area contributed by atoms with Crippen molar-refractivity contribution in [2.75, 3.05) is 32.7 Å². The summed E-state index contributed by atoms with van der Waals surface area (Å²) in [5.41, 5.74) is 1.78. The number of hydrogen-bond donors (Lipinski definition) is 1. The molecule has 0 aromatic heterocycles. The zero-order chi connectivity index (χ0) is 18.5. The molecule has 2 aliphatic carbocycles. The van der Waals surface area contributed by atoms with Crippen molar-refractivity contribution in [3.8, 4) is 0 Å². The average molecular weight is 367 g/mol. The number of carbonyl (C=O) groups is 1. The van der Waals surface area contributed by atoms with Crippen LogP contribution in [0.4, 0.5) is 0 Å². The normalized spacial score (nSPS) is 30.1. The molecule has 1 amide bonds. The molecule has 1 aromatic rings. The first-order valence-electron chi connectivity index (χ1n) is 10.6. The highest BCUT2D eigenvalue weighted by atomic mass is 16.3. The van der Waals surface area contributed by atoms with Gasteiger partial charge in [-0.25, -0.2) is 0 Å². The second-order valence-electron chi connectivity index (χ2n) is 9.18. The van der Waals surface area contributed by atoms with Crippen molar-refractivity contribution in [3.05, 3.63) is 41.5 Å². The molecule has 2 saturated heterocycles. The second-order valence-corrected chi connectivity index (χ2v) is 9.18. The third-order valence-corrected chi connectivity index (χ3v) is 7.19. The Morgan fingerprint density at radius 2 is 1.85 bits per heavy atom. The average Bonchev–Trinajstić information content (AvgIpc) is 3.43. The van der Waals surface area contributed by atoms with Crippen molar-refractivity contribution in [3.63, 3.8) is 0 Å². The highest BCUT2D eigenvalue weighted by molar-refractivity contribution is 5.86. The van der Waals surface area contributed by atoms with Crippen molar-refractivity contribution >= 4 is 12.0 Å². The van der Waals surface area contributed by atoms with Crippen LogP contribution < -0.4 is 0 Å². The van der Waals surface area contributed by atoms with E-state index in [-0.39, 0.29) is 11.3 Å². The minimum atomic E-state index is -1.18. The van der Waals surface area contributed by atoms with Crippen molar-refractivity contribution < 1.29 is 9.90 Å². The van der Waals surface area contributed by atoms with Gasteiger partial charge in [0.2, 0.25) is 0 Å². The minimum Gasteiger partial charge on any atom is -0.379 e. The summed E-state index contributed by atoms with van der Waals surface area (Å²) in [5, 5.41) is 11.2. The number of amides is 1. The summed E-state index contributed by atoms with van der Waals surface area (Å²) in [6.07, 6.45) is 10.8. The van der Waals surface area contributed by atoms with Gasteiger partial charge >= 0.3 is 0 Å². The summed E-state index contributed by atoms with van der Waals surface area (Å²) in [4.78, 5) is 17.2. The van der Waals surface area contributed by atoms with Crippen LogP contribution in [0.3, 0.4) is 0 Å². The molecule has 2 heterocycles. The molecule has 144 valence electrons. The fraction of sp³-hybridized carbons (Fsp3) is 0.609. The van der Waals surface area contributed by atoms with E-state index in [0.717, 1.165) is 45.4 Å². The molecule has 0 radical (unpaired) electrons. The summed E-state index contributed by atoms with van der Waals surface area (Å²) >= 11 is 0. The Balaban J connectivity index is 1.24. The van der Waals surface area contributed by atoms with Gasteiger partial charge in [0, 0.05) is 25.0 Å². The summed E-state index contributed by atoms with van der Waals surface area (Å²) in [7, 11) is 0. The molecule has 1 saturated carbocycles. The van der Waals surface area contributed by atoms with Crippen molar-refractivity contribution in [1.82, 2.24) is 9.80 Å². The number of piperidine rings is 2. The maximum atomic E-state index is 12.9. The minimum absolute atomic E-state index is 0.0213. The molecule has 0 bridgehead atoms. The maximum Gasteiger partial charge on any atom is 0.255 e. The van der Waals surface area contributed by atoms with E-state index < -0.39 is 5.60 Å². The predicted octanol–water partition coefficient (Wildman–Crippen LogP) is 2.81. The van der Waals surface area contributed by atoms with Gasteiger partial charge in [-0.05, 0) is 68.7 Å². The number of benzene rings is 1. The number of nitrogens with zero attached hydrogens (tertiary/aromatic N) is 2. The SMILES string of the molecule is O=C1N(CC2CC2)CCC[C@]1(O)CN1CCC2(C=Cc3ccccc32)CC1. The highest BCUT2D eigenvalue weighted by Gasteiger charge is 2.46. The van der Waals surface area contributed by atoms with E-state index in [1.165, 1.54) is 24.0 Å². The van der Waals surface area contributed by atoms with E-state index in [1.807, 2.05) is 4.90 Å². The number of allylic oxidation sites excluding steroid dienone is 1. The molecule has 0 unspecified atom stereocenters. The number of fused-ring (bicyclic) bond motifs is 2. The van der Waals surface area contributed by atoms with Gasteiger partial charge in [-0.3, -0.25) is 9.69 Å². The molecule has 4 aliphatic rings. The number of rotatable bonds is 4. The lowest BCUT2D eigenvalue weighted by Gasteiger charge is -2.44. The van der Waals surface area contributed by atoms with Crippen molar-refractivity contribution in [2.24, 2.45) is 5.92 Å². The molecule has 3 fully saturated rings. The van der Waals surface area contributed by atoms with Gasteiger partial charge in [0.05, 0.1) is 0 Å². The first-order chi connectivity index (χ1) is 13.1. The number of β-amino-alcohol motifs (C(OH)–C–C–N with tert-alkyl or cyclic N) is 1. The van der Waals surface area contributed by atoms with E-state index in [0.29, 0.717) is 18.9 Å². The number of hydrogen-bond acceptors (Lipinski definition) is 3. The Labute approximate surface area is 161 Å². The van der Waals surface area contributed by atoms with Gasteiger partial charge in [0.1, 0.15) is 0 Å². The molecule has 4 nitrogen and oxygen atoms in total. The fourth-order valence-corrected chi connectivity index (χ4v) is 5.35. The standard InChI is InChI=1S/C23H30N2O2/c26-21-23(27,9-3-13-25(21)16-18-6-7-18)17-24-14-11-22(12-15-24)10-8-19-4-1-2-5-20(19)22/h1-2,4-5,8,10,18,27H,3,6-7,9,11-17H2/t23-/m0/s1.